The van der Waals surface area contributed by atoms with E-state index in [9.17, 15) is 0 Å². The molecule has 0 spiro atoms. The maximum Gasteiger partial charge on any atom is 0.0893 e. The third kappa shape index (κ3) is 2.78. The Bertz CT molecular complexity index is 252. The molecular weight excluding hydrogens is 274 g/mol. The third-order valence-electron chi connectivity index (χ3n) is 5.46. The molecule has 2 heteroatoms. The van der Waals surface area contributed by atoms with Crippen molar-refractivity contribution >= 4 is 0 Å². The van der Waals surface area contributed by atoms with Gasteiger partial charge in [-0.3, -0.25) is 0 Å². The Kier molecular flexibility index (Phi) is 4.71. The summed E-state index contributed by atoms with van der Waals surface area (Å²) >= 11 is 0. The zero-order chi connectivity index (χ0) is 10.8. The van der Waals surface area contributed by atoms with Crippen molar-refractivity contribution in [3.05, 3.63) is 12.2 Å². The fourth-order valence-electron chi connectivity index (χ4n) is 4.32. The van der Waals surface area contributed by atoms with Crippen molar-refractivity contribution in [1.82, 2.24) is 0 Å². The highest BCUT2D eigenvalue weighted by atomic mass is 79.9. The number of rotatable bonds is 1. The Balaban J connectivity index is 0.00000108. The van der Waals surface area contributed by atoms with E-state index >= 15 is 0 Å². The molecule has 98 valence electrons. The third-order valence-corrected chi connectivity index (χ3v) is 5.46. The molecule has 4 aliphatic rings. The number of hydrogen-bond acceptors (Lipinski definition) is 0. The molecule has 2 bridgehead atoms. The fourth-order valence-corrected chi connectivity index (χ4v) is 4.32. The summed E-state index contributed by atoms with van der Waals surface area (Å²) in [6.07, 6.45) is 16.5. The second-order valence-corrected chi connectivity index (χ2v) is 6.25. The topological polar surface area (TPSA) is 0 Å². The first-order valence-electron chi connectivity index (χ1n) is 7.40. The van der Waals surface area contributed by atoms with Crippen LogP contribution in [0.2, 0.25) is 0 Å². The summed E-state index contributed by atoms with van der Waals surface area (Å²) in [6.45, 7) is 4.54. The summed E-state index contributed by atoms with van der Waals surface area (Å²) in [4.78, 5) is 0. The molecule has 3 saturated heterocycles. The minimum absolute atomic E-state index is 0. The molecule has 3 heterocycles. The first-order chi connectivity index (χ1) is 7.89. The minimum atomic E-state index is 0. The molecule has 0 aromatic rings. The van der Waals surface area contributed by atoms with Crippen molar-refractivity contribution < 1.29 is 21.5 Å². The molecule has 4 rings (SSSR count). The van der Waals surface area contributed by atoms with Crippen LogP contribution in [0.3, 0.4) is 0 Å². The summed E-state index contributed by atoms with van der Waals surface area (Å²) in [6, 6.07) is 1.01. The van der Waals surface area contributed by atoms with Crippen molar-refractivity contribution in [3.63, 3.8) is 0 Å². The smallest absolute Gasteiger partial charge is 0.0893 e. The van der Waals surface area contributed by atoms with E-state index in [1.165, 1.54) is 75.5 Å². The lowest BCUT2D eigenvalue weighted by atomic mass is 9.82. The molecule has 1 unspecified atom stereocenters. The maximum absolute atomic E-state index is 2.43. The summed E-state index contributed by atoms with van der Waals surface area (Å²) in [7, 11) is 0. The van der Waals surface area contributed by atoms with Crippen LogP contribution in [0.25, 0.3) is 0 Å². The van der Waals surface area contributed by atoms with Crippen LogP contribution in [0.5, 0.6) is 0 Å². The van der Waals surface area contributed by atoms with Crippen LogP contribution >= 0.6 is 0 Å². The predicted octanol–water partition coefficient (Wildman–Crippen LogP) is 0.510. The number of quaternary nitrogens is 1. The molecule has 0 radical (unpaired) electrons. The van der Waals surface area contributed by atoms with E-state index < -0.39 is 0 Å². The van der Waals surface area contributed by atoms with Crippen LogP contribution in [0, 0.1) is 5.92 Å². The monoisotopic (exact) mass is 299 g/mol. The van der Waals surface area contributed by atoms with E-state index in [-0.39, 0.29) is 17.0 Å². The van der Waals surface area contributed by atoms with Crippen molar-refractivity contribution in [2.75, 3.05) is 19.6 Å². The Morgan fingerprint density at radius 3 is 2.12 bits per heavy atom. The quantitative estimate of drug-likeness (QED) is 0.489. The van der Waals surface area contributed by atoms with Gasteiger partial charge in [-0.2, -0.15) is 0 Å². The van der Waals surface area contributed by atoms with Crippen molar-refractivity contribution in [1.29, 1.82) is 0 Å². The molecular formula is C15H26BrN. The highest BCUT2D eigenvalue weighted by molar-refractivity contribution is 4.86. The van der Waals surface area contributed by atoms with Gasteiger partial charge in [-0.25, -0.2) is 0 Å². The molecule has 1 atom stereocenters. The van der Waals surface area contributed by atoms with Crippen LogP contribution < -0.4 is 17.0 Å². The van der Waals surface area contributed by atoms with Crippen molar-refractivity contribution in [2.45, 2.75) is 57.4 Å². The first kappa shape index (κ1) is 13.6. The van der Waals surface area contributed by atoms with Gasteiger partial charge in [-0.05, 0) is 50.9 Å². The van der Waals surface area contributed by atoms with Crippen LogP contribution in [0.1, 0.15) is 51.4 Å². The number of fused-ring (bicyclic) bond motifs is 3. The zero-order valence-corrected chi connectivity index (χ0v) is 12.5. The number of piperidine rings is 3. The van der Waals surface area contributed by atoms with Gasteiger partial charge in [0, 0.05) is 6.42 Å². The molecule has 0 saturated carbocycles. The number of allylic oxidation sites excluding steroid dienone is 2. The molecule has 3 aliphatic heterocycles. The van der Waals surface area contributed by atoms with E-state index in [0.717, 1.165) is 12.0 Å². The molecule has 17 heavy (non-hydrogen) atoms. The van der Waals surface area contributed by atoms with Gasteiger partial charge in [0.25, 0.3) is 0 Å². The summed E-state index contributed by atoms with van der Waals surface area (Å²) in [5.74, 6) is 1.11. The molecule has 0 aromatic carbocycles. The normalized spacial score (nSPS) is 43.3. The average Bonchev–Trinajstić information content (AvgIpc) is 2.30. The Hall–Kier alpha value is 0.180. The van der Waals surface area contributed by atoms with E-state index in [0.29, 0.717) is 0 Å². The molecule has 3 fully saturated rings. The molecule has 0 amide bonds. The highest BCUT2D eigenvalue weighted by Crippen LogP contribution is 2.38. The van der Waals surface area contributed by atoms with E-state index in [4.69, 9.17) is 0 Å². The van der Waals surface area contributed by atoms with Gasteiger partial charge in [-0.15, -0.1) is 0 Å². The lowest BCUT2D eigenvalue weighted by Gasteiger charge is -2.53. The second-order valence-electron chi connectivity index (χ2n) is 6.25. The summed E-state index contributed by atoms with van der Waals surface area (Å²) in [5.41, 5.74) is 0. The average molecular weight is 300 g/mol. The second kappa shape index (κ2) is 5.88. The lowest BCUT2D eigenvalue weighted by molar-refractivity contribution is -0.965. The van der Waals surface area contributed by atoms with Gasteiger partial charge in [0.2, 0.25) is 0 Å². The first-order valence-corrected chi connectivity index (χ1v) is 7.40. The summed E-state index contributed by atoms with van der Waals surface area (Å²) in [5, 5.41) is 0. The van der Waals surface area contributed by atoms with Gasteiger partial charge >= 0.3 is 0 Å². The molecule has 0 N–H and O–H groups in total. The zero-order valence-electron chi connectivity index (χ0n) is 10.9. The maximum atomic E-state index is 2.43. The molecule has 0 aromatic heterocycles. The van der Waals surface area contributed by atoms with Gasteiger partial charge in [-0.1, -0.05) is 12.2 Å². The van der Waals surface area contributed by atoms with E-state index in [1.807, 2.05) is 0 Å². The molecule has 1 aliphatic carbocycles. The van der Waals surface area contributed by atoms with Crippen molar-refractivity contribution in [2.24, 2.45) is 5.92 Å². The number of nitrogens with zero attached hydrogens (tertiary/aromatic N) is 1. The molecule has 1 nitrogen and oxygen atoms in total. The van der Waals surface area contributed by atoms with E-state index in [2.05, 4.69) is 12.2 Å². The van der Waals surface area contributed by atoms with Gasteiger partial charge < -0.3 is 21.5 Å². The van der Waals surface area contributed by atoms with Gasteiger partial charge in [0.15, 0.2) is 0 Å². The van der Waals surface area contributed by atoms with E-state index in [1.54, 1.807) is 0 Å². The van der Waals surface area contributed by atoms with Gasteiger partial charge in [0.1, 0.15) is 0 Å². The Morgan fingerprint density at radius 1 is 0.765 bits per heavy atom. The SMILES string of the molecule is C1=C\CCC([N+]23CCC(CC2)CC3)CCC/1.[Br-]. The van der Waals surface area contributed by atoms with Crippen LogP contribution in [-0.2, 0) is 0 Å². The highest BCUT2D eigenvalue weighted by Gasteiger charge is 2.44. The van der Waals surface area contributed by atoms with Gasteiger partial charge in [0.05, 0.1) is 25.7 Å². The Labute approximate surface area is 117 Å². The predicted molar refractivity (Wildman–Crippen MR) is 68.2 cm³/mol. The fraction of sp³-hybridized carbons (Fsp3) is 0.867. The van der Waals surface area contributed by atoms with Crippen molar-refractivity contribution in [3.8, 4) is 0 Å². The minimum Gasteiger partial charge on any atom is -1.00 e. The largest absolute Gasteiger partial charge is 1.00 e. The standard InChI is InChI=1S/C15H26N.BrH/c1-2-4-6-15(7-5-3-1)16-11-8-14(9-12-16)10-13-16;/h1-2,14-15H,3-13H2;1H/q+1;/p-1/b2-1-;. The van der Waals surface area contributed by atoms with Crippen LogP contribution in [-0.4, -0.2) is 30.2 Å². The van der Waals surface area contributed by atoms with Crippen LogP contribution in [0.4, 0.5) is 0 Å². The number of halogens is 1. The summed E-state index contributed by atoms with van der Waals surface area (Å²) < 4.78 is 1.52. The lowest BCUT2D eigenvalue weighted by Crippen LogP contribution is -3.00. The van der Waals surface area contributed by atoms with Crippen LogP contribution in [0.15, 0.2) is 12.2 Å². The number of hydrogen-bond donors (Lipinski definition) is 0. The Morgan fingerprint density at radius 2 is 1.41 bits per heavy atom.